The number of methoxy groups -OCH3 is 1. The second-order valence-corrected chi connectivity index (χ2v) is 5.48. The Balaban J connectivity index is 2.18. The van der Waals surface area contributed by atoms with E-state index in [1.165, 1.54) is 5.56 Å². The quantitative estimate of drug-likeness (QED) is 0.896. The highest BCUT2D eigenvalue weighted by atomic mass is 16.5. The minimum atomic E-state index is 0.148. The summed E-state index contributed by atoms with van der Waals surface area (Å²) in [5.74, 6) is 1.27. The van der Waals surface area contributed by atoms with Gasteiger partial charge in [-0.3, -0.25) is 4.79 Å². The van der Waals surface area contributed by atoms with Crippen LogP contribution in [0.5, 0.6) is 5.75 Å². The van der Waals surface area contributed by atoms with Crippen LogP contribution in [-0.2, 0) is 17.9 Å². The lowest BCUT2D eigenvalue weighted by Crippen LogP contribution is -2.39. The number of hydrogen-bond donors (Lipinski definition) is 1. The van der Waals surface area contributed by atoms with Crippen molar-refractivity contribution in [3.05, 3.63) is 29.3 Å². The Hall–Kier alpha value is -1.55. The van der Waals surface area contributed by atoms with Crippen LogP contribution in [-0.4, -0.2) is 31.5 Å². The number of ether oxygens (including phenoxy) is 1. The van der Waals surface area contributed by atoms with E-state index in [9.17, 15) is 4.79 Å². The van der Waals surface area contributed by atoms with Gasteiger partial charge in [-0.2, -0.15) is 0 Å². The Kier molecular flexibility index (Phi) is 5.01. The lowest BCUT2D eigenvalue weighted by Gasteiger charge is -2.31. The molecule has 1 amide bonds. The van der Waals surface area contributed by atoms with Crippen molar-refractivity contribution in [1.82, 2.24) is 10.2 Å². The molecule has 2 rings (SSSR count). The van der Waals surface area contributed by atoms with Gasteiger partial charge < -0.3 is 15.0 Å². The van der Waals surface area contributed by atoms with Crippen molar-refractivity contribution in [2.45, 2.75) is 32.9 Å². The van der Waals surface area contributed by atoms with E-state index in [1.807, 2.05) is 24.9 Å². The highest BCUT2D eigenvalue weighted by molar-refractivity contribution is 5.79. The molecule has 1 aromatic carbocycles. The summed E-state index contributed by atoms with van der Waals surface area (Å²) in [6.45, 7) is 4.33. The van der Waals surface area contributed by atoms with Crippen LogP contribution in [0, 0.1) is 5.92 Å². The molecular weight excluding hydrogens is 252 g/mol. The van der Waals surface area contributed by atoms with Crippen LogP contribution in [0.15, 0.2) is 18.2 Å². The highest BCUT2D eigenvalue weighted by Gasteiger charge is 2.25. The normalized spacial score (nSPS) is 19.2. The molecule has 0 radical (unpaired) electrons. The van der Waals surface area contributed by atoms with Crippen molar-refractivity contribution in [3.8, 4) is 5.75 Å². The first-order chi connectivity index (χ1) is 9.65. The van der Waals surface area contributed by atoms with E-state index >= 15 is 0 Å². The molecule has 4 heteroatoms. The zero-order valence-corrected chi connectivity index (χ0v) is 12.6. The number of amides is 1. The third-order valence-electron chi connectivity index (χ3n) is 3.89. The smallest absolute Gasteiger partial charge is 0.225 e. The molecule has 1 unspecified atom stereocenters. The van der Waals surface area contributed by atoms with Gasteiger partial charge in [0.25, 0.3) is 0 Å². The molecule has 1 saturated heterocycles. The number of nitrogens with one attached hydrogen (secondary N) is 1. The monoisotopic (exact) mass is 276 g/mol. The molecule has 4 nitrogen and oxygen atoms in total. The average molecular weight is 276 g/mol. The van der Waals surface area contributed by atoms with Crippen molar-refractivity contribution in [1.29, 1.82) is 0 Å². The molecule has 20 heavy (non-hydrogen) atoms. The topological polar surface area (TPSA) is 41.6 Å². The Bertz CT molecular complexity index is 474. The predicted octanol–water partition coefficient (Wildman–Crippen LogP) is 2.17. The minimum absolute atomic E-state index is 0.148. The third-order valence-corrected chi connectivity index (χ3v) is 3.89. The van der Waals surface area contributed by atoms with Gasteiger partial charge in [0.15, 0.2) is 0 Å². The fourth-order valence-electron chi connectivity index (χ4n) is 2.77. The number of hydrogen-bond acceptors (Lipinski definition) is 3. The maximum atomic E-state index is 12.2. The van der Waals surface area contributed by atoms with Crippen molar-refractivity contribution in [3.63, 3.8) is 0 Å². The van der Waals surface area contributed by atoms with Crippen molar-refractivity contribution < 1.29 is 9.53 Å². The molecule has 1 fully saturated rings. The first-order valence-corrected chi connectivity index (χ1v) is 7.25. The molecule has 1 N–H and O–H groups in total. The van der Waals surface area contributed by atoms with Gasteiger partial charge in [0.2, 0.25) is 5.91 Å². The number of carbonyl (C=O) groups excluding carboxylic acids is 1. The van der Waals surface area contributed by atoms with E-state index in [1.54, 1.807) is 7.11 Å². The number of rotatable bonds is 5. The van der Waals surface area contributed by atoms with E-state index in [0.29, 0.717) is 6.54 Å². The average Bonchev–Trinajstić information content (AvgIpc) is 2.45. The van der Waals surface area contributed by atoms with Gasteiger partial charge in [-0.05, 0) is 37.6 Å². The molecule has 1 aliphatic rings. The highest BCUT2D eigenvalue weighted by Crippen LogP contribution is 2.25. The standard InChI is InChI=1S/C16H24N2O2/c1-12-5-4-8-18(16(12)19)11-14-9-13(10-17-2)6-7-15(14)20-3/h6-7,9,12,17H,4-5,8,10-11H2,1-3H3. The van der Waals surface area contributed by atoms with Crippen LogP contribution in [0.4, 0.5) is 0 Å². The summed E-state index contributed by atoms with van der Waals surface area (Å²) in [6.07, 6.45) is 2.09. The third kappa shape index (κ3) is 3.31. The number of piperidine rings is 1. The molecule has 0 saturated carbocycles. The molecule has 1 atom stereocenters. The van der Waals surface area contributed by atoms with Crippen LogP contribution in [0.2, 0.25) is 0 Å². The van der Waals surface area contributed by atoms with Crippen molar-refractivity contribution >= 4 is 5.91 Å². The summed E-state index contributed by atoms with van der Waals surface area (Å²) in [4.78, 5) is 14.2. The lowest BCUT2D eigenvalue weighted by molar-refractivity contribution is -0.138. The molecule has 0 aromatic heterocycles. The predicted molar refractivity (Wildman–Crippen MR) is 79.6 cm³/mol. The number of benzene rings is 1. The molecule has 1 heterocycles. The Morgan fingerprint density at radius 1 is 1.45 bits per heavy atom. The first kappa shape index (κ1) is 14.9. The zero-order valence-electron chi connectivity index (χ0n) is 12.6. The van der Waals surface area contributed by atoms with E-state index < -0.39 is 0 Å². The fraction of sp³-hybridized carbons (Fsp3) is 0.562. The van der Waals surface area contributed by atoms with E-state index in [0.717, 1.165) is 37.2 Å². The summed E-state index contributed by atoms with van der Waals surface area (Å²) < 4.78 is 5.42. The second kappa shape index (κ2) is 6.75. The molecule has 0 bridgehead atoms. The fourth-order valence-corrected chi connectivity index (χ4v) is 2.77. The Labute approximate surface area is 121 Å². The first-order valence-electron chi connectivity index (χ1n) is 7.25. The van der Waals surface area contributed by atoms with Crippen molar-refractivity contribution in [2.75, 3.05) is 20.7 Å². The minimum Gasteiger partial charge on any atom is -0.496 e. The van der Waals surface area contributed by atoms with E-state index in [-0.39, 0.29) is 11.8 Å². The maximum absolute atomic E-state index is 12.2. The number of likely N-dealkylation sites (tertiary alicyclic amines) is 1. The van der Waals surface area contributed by atoms with Gasteiger partial charge in [-0.15, -0.1) is 0 Å². The molecule has 1 aromatic rings. The van der Waals surface area contributed by atoms with Gasteiger partial charge in [0.1, 0.15) is 5.75 Å². The molecular formula is C16H24N2O2. The molecule has 0 aliphatic carbocycles. The number of carbonyl (C=O) groups is 1. The van der Waals surface area contributed by atoms with Gasteiger partial charge in [0, 0.05) is 31.1 Å². The molecule has 110 valence electrons. The summed E-state index contributed by atoms with van der Waals surface area (Å²) >= 11 is 0. The largest absolute Gasteiger partial charge is 0.496 e. The summed E-state index contributed by atoms with van der Waals surface area (Å²) in [5, 5.41) is 3.15. The lowest BCUT2D eigenvalue weighted by atomic mass is 9.98. The van der Waals surface area contributed by atoms with Crippen molar-refractivity contribution in [2.24, 2.45) is 5.92 Å². The van der Waals surface area contributed by atoms with Crippen LogP contribution in [0.1, 0.15) is 30.9 Å². The van der Waals surface area contributed by atoms with E-state index in [4.69, 9.17) is 4.74 Å². The van der Waals surface area contributed by atoms with Gasteiger partial charge >= 0.3 is 0 Å². The van der Waals surface area contributed by atoms with Crippen LogP contribution >= 0.6 is 0 Å². The molecule has 1 aliphatic heterocycles. The second-order valence-electron chi connectivity index (χ2n) is 5.48. The van der Waals surface area contributed by atoms with Crippen LogP contribution in [0.25, 0.3) is 0 Å². The van der Waals surface area contributed by atoms with Gasteiger partial charge in [-0.25, -0.2) is 0 Å². The zero-order chi connectivity index (χ0) is 14.5. The van der Waals surface area contributed by atoms with Gasteiger partial charge in [-0.1, -0.05) is 13.0 Å². The summed E-state index contributed by atoms with van der Waals surface area (Å²) in [6, 6.07) is 6.17. The summed E-state index contributed by atoms with van der Waals surface area (Å²) in [5.41, 5.74) is 2.29. The molecule has 0 spiro atoms. The van der Waals surface area contributed by atoms with Crippen LogP contribution < -0.4 is 10.1 Å². The Morgan fingerprint density at radius 2 is 2.25 bits per heavy atom. The van der Waals surface area contributed by atoms with E-state index in [2.05, 4.69) is 17.4 Å². The van der Waals surface area contributed by atoms with Gasteiger partial charge in [0.05, 0.1) is 7.11 Å². The van der Waals surface area contributed by atoms with Crippen LogP contribution in [0.3, 0.4) is 0 Å². The number of nitrogens with zero attached hydrogens (tertiary/aromatic N) is 1. The maximum Gasteiger partial charge on any atom is 0.225 e. The Morgan fingerprint density at radius 3 is 2.95 bits per heavy atom. The SMILES string of the molecule is CNCc1ccc(OC)c(CN2CCCC(C)C2=O)c1. The summed E-state index contributed by atoms with van der Waals surface area (Å²) in [7, 11) is 3.61.